The summed E-state index contributed by atoms with van der Waals surface area (Å²) < 4.78 is 10.7. The molecule has 0 aliphatic carbocycles. The van der Waals surface area contributed by atoms with Crippen molar-refractivity contribution >= 4 is 17.8 Å². The van der Waals surface area contributed by atoms with Gasteiger partial charge in [-0.3, -0.25) is 19.7 Å². The van der Waals surface area contributed by atoms with Crippen LogP contribution in [0.3, 0.4) is 0 Å². The first-order valence-electron chi connectivity index (χ1n) is 9.51. The lowest BCUT2D eigenvalue weighted by atomic mass is 10.0. The fraction of sp³-hybridized carbons (Fsp3) is 0.409. The monoisotopic (exact) mass is 385 g/mol. The van der Waals surface area contributed by atoms with Gasteiger partial charge in [0.15, 0.2) is 0 Å². The van der Waals surface area contributed by atoms with Crippen LogP contribution in [-0.2, 0) is 32.1 Å². The van der Waals surface area contributed by atoms with Gasteiger partial charge in [0.1, 0.15) is 12.4 Å². The van der Waals surface area contributed by atoms with E-state index in [0.29, 0.717) is 5.75 Å². The number of allylic oxidation sites excluding steroid dienone is 1. The topological polar surface area (TPSA) is 81.7 Å². The van der Waals surface area contributed by atoms with Crippen molar-refractivity contribution in [3.05, 3.63) is 53.6 Å². The van der Waals surface area contributed by atoms with Crippen molar-refractivity contribution in [2.24, 2.45) is 0 Å². The molecule has 28 heavy (non-hydrogen) atoms. The minimum Gasteiger partial charge on any atom is -0.496 e. The second-order valence-electron chi connectivity index (χ2n) is 6.71. The molecule has 0 unspecified atom stereocenters. The van der Waals surface area contributed by atoms with E-state index in [-0.39, 0.29) is 18.6 Å². The predicted molar refractivity (Wildman–Crippen MR) is 106 cm³/mol. The minimum atomic E-state index is -0.568. The Morgan fingerprint density at radius 1 is 1.18 bits per heavy atom. The van der Waals surface area contributed by atoms with Gasteiger partial charge in [-0.05, 0) is 37.3 Å². The van der Waals surface area contributed by atoms with Crippen LogP contribution < -0.4 is 10.1 Å². The van der Waals surface area contributed by atoms with E-state index in [4.69, 9.17) is 9.47 Å². The Labute approximate surface area is 165 Å². The lowest BCUT2D eigenvalue weighted by molar-refractivity contribution is -0.144. The average molecular weight is 385 g/mol. The van der Waals surface area contributed by atoms with Crippen LogP contribution in [0.5, 0.6) is 5.75 Å². The summed E-state index contributed by atoms with van der Waals surface area (Å²) in [6.45, 7) is 3.78. The smallest absolute Gasteiger partial charge is 0.310 e. The van der Waals surface area contributed by atoms with Crippen LogP contribution in [0.4, 0.5) is 0 Å². The number of nitrogens with one attached hydrogen (secondary N) is 1. The molecule has 150 valence electrons. The summed E-state index contributed by atoms with van der Waals surface area (Å²) >= 11 is 0. The summed E-state index contributed by atoms with van der Waals surface area (Å²) in [5, 5.41) is 2.10. The number of aryl methyl sites for hydroxylation is 1. The number of benzene rings is 1. The normalized spacial score (nSPS) is 13.1. The number of carbonyl (C=O) groups is 3. The molecular formula is C22H27NO5. The Bertz CT molecular complexity index is 766. The fourth-order valence-corrected chi connectivity index (χ4v) is 2.98. The number of unbranched alkanes of at least 4 members (excludes halogenated alkanes) is 4. The van der Waals surface area contributed by atoms with Crippen LogP contribution >= 0.6 is 0 Å². The first kappa shape index (κ1) is 21.4. The number of ether oxygens (including phenoxy) is 2. The lowest BCUT2D eigenvalue weighted by Crippen LogP contribution is -2.23. The Morgan fingerprint density at radius 2 is 1.96 bits per heavy atom. The van der Waals surface area contributed by atoms with Crippen LogP contribution in [0.15, 0.2) is 42.5 Å². The van der Waals surface area contributed by atoms with Crippen molar-refractivity contribution in [1.82, 2.24) is 5.32 Å². The van der Waals surface area contributed by atoms with E-state index >= 15 is 0 Å². The van der Waals surface area contributed by atoms with Crippen molar-refractivity contribution in [2.45, 2.75) is 51.6 Å². The highest BCUT2D eigenvalue weighted by Gasteiger charge is 2.23. The molecule has 2 amide bonds. The molecular weight excluding hydrogens is 358 g/mol. The van der Waals surface area contributed by atoms with E-state index in [1.165, 1.54) is 24.8 Å². The maximum absolute atomic E-state index is 11.9. The molecule has 1 aliphatic heterocycles. The van der Waals surface area contributed by atoms with Gasteiger partial charge in [-0.15, -0.1) is 6.58 Å². The van der Waals surface area contributed by atoms with Crippen molar-refractivity contribution < 1.29 is 23.9 Å². The average Bonchev–Trinajstić information content (AvgIpc) is 3.00. The van der Waals surface area contributed by atoms with Gasteiger partial charge in [-0.25, -0.2) is 0 Å². The summed E-state index contributed by atoms with van der Waals surface area (Å²) in [6, 6.07) is 5.88. The second-order valence-corrected chi connectivity index (χ2v) is 6.71. The lowest BCUT2D eigenvalue weighted by Gasteiger charge is -2.11. The maximum Gasteiger partial charge on any atom is 0.310 e. The summed E-state index contributed by atoms with van der Waals surface area (Å²) in [5.74, 6) is -0.953. The molecule has 0 saturated carbocycles. The fourth-order valence-electron chi connectivity index (χ4n) is 2.98. The standard InChI is InChI=1S/C22H27NO5/c1-3-4-5-6-7-8-9-16-10-11-17(19(12-16)27-2)15-28-21(25)14-18-13-20(24)23-22(18)26/h3,10-13H,1,4-9,14-15H2,2H3,(H,23,24,26). The van der Waals surface area contributed by atoms with Crippen LogP contribution in [-0.4, -0.2) is 24.9 Å². The second kappa shape index (κ2) is 11.1. The number of methoxy groups -OCH3 is 1. The molecule has 2 rings (SSSR count). The molecule has 1 heterocycles. The maximum atomic E-state index is 11.9. The summed E-state index contributed by atoms with van der Waals surface area (Å²) in [5.41, 5.74) is 2.05. The molecule has 0 radical (unpaired) electrons. The number of hydrogen-bond donors (Lipinski definition) is 1. The highest BCUT2D eigenvalue weighted by Crippen LogP contribution is 2.23. The first-order chi connectivity index (χ1) is 13.5. The zero-order valence-corrected chi connectivity index (χ0v) is 16.3. The minimum absolute atomic E-state index is 0.0483. The van der Waals surface area contributed by atoms with Gasteiger partial charge < -0.3 is 9.47 Å². The van der Waals surface area contributed by atoms with Gasteiger partial charge in [-0.2, -0.15) is 0 Å². The van der Waals surface area contributed by atoms with Gasteiger partial charge in [0.25, 0.3) is 11.8 Å². The van der Waals surface area contributed by atoms with Crippen LogP contribution in [0, 0.1) is 0 Å². The molecule has 0 atom stereocenters. The zero-order chi connectivity index (χ0) is 20.4. The van der Waals surface area contributed by atoms with Crippen LogP contribution in [0.25, 0.3) is 0 Å². The molecule has 0 bridgehead atoms. The van der Waals surface area contributed by atoms with Crippen molar-refractivity contribution in [1.29, 1.82) is 0 Å². The third-order valence-electron chi connectivity index (χ3n) is 4.53. The molecule has 0 saturated heterocycles. The third-order valence-corrected chi connectivity index (χ3v) is 4.53. The number of imide groups is 1. The number of carbonyl (C=O) groups excluding carboxylic acids is 3. The number of rotatable bonds is 12. The van der Waals surface area contributed by atoms with Gasteiger partial charge in [-0.1, -0.05) is 31.1 Å². The van der Waals surface area contributed by atoms with Gasteiger partial charge >= 0.3 is 5.97 Å². The van der Waals surface area contributed by atoms with Gasteiger partial charge in [0, 0.05) is 17.2 Å². The predicted octanol–water partition coefficient (Wildman–Crippen LogP) is 3.39. The van der Waals surface area contributed by atoms with E-state index in [2.05, 4.69) is 11.9 Å². The summed E-state index contributed by atoms with van der Waals surface area (Å²) in [4.78, 5) is 34.5. The van der Waals surface area contributed by atoms with E-state index in [1.54, 1.807) is 7.11 Å². The quantitative estimate of drug-likeness (QED) is 0.258. The number of hydrogen-bond acceptors (Lipinski definition) is 5. The van der Waals surface area contributed by atoms with Crippen LogP contribution in [0.2, 0.25) is 0 Å². The SMILES string of the molecule is C=CCCCCCCc1ccc(COC(=O)CC2=CC(=O)NC2=O)c(OC)c1. The first-order valence-corrected chi connectivity index (χ1v) is 9.51. The molecule has 0 aromatic heterocycles. The van der Waals surface area contributed by atoms with E-state index in [9.17, 15) is 14.4 Å². The molecule has 6 nitrogen and oxygen atoms in total. The summed E-state index contributed by atoms with van der Waals surface area (Å²) in [6.07, 6.45) is 9.57. The van der Waals surface area contributed by atoms with Crippen LogP contribution in [0.1, 0.15) is 49.7 Å². The zero-order valence-electron chi connectivity index (χ0n) is 16.3. The molecule has 0 fully saturated rings. The van der Waals surface area contributed by atoms with E-state index in [1.807, 2.05) is 24.3 Å². The summed E-state index contributed by atoms with van der Waals surface area (Å²) in [7, 11) is 1.58. The Balaban J connectivity index is 1.82. The highest BCUT2D eigenvalue weighted by molar-refractivity contribution is 6.17. The highest BCUT2D eigenvalue weighted by atomic mass is 16.5. The van der Waals surface area contributed by atoms with Gasteiger partial charge in [0.05, 0.1) is 13.5 Å². The largest absolute Gasteiger partial charge is 0.496 e. The van der Waals surface area contributed by atoms with Crippen molar-refractivity contribution in [3.8, 4) is 5.75 Å². The Morgan fingerprint density at radius 3 is 2.64 bits per heavy atom. The number of esters is 1. The van der Waals surface area contributed by atoms with E-state index in [0.717, 1.165) is 30.9 Å². The van der Waals surface area contributed by atoms with Gasteiger partial charge in [0.2, 0.25) is 0 Å². The molecule has 0 spiro atoms. The number of amides is 2. The molecule has 1 aliphatic rings. The van der Waals surface area contributed by atoms with Crippen molar-refractivity contribution in [3.63, 3.8) is 0 Å². The Kier molecular flexibility index (Phi) is 8.46. The molecule has 1 aromatic rings. The third kappa shape index (κ3) is 6.68. The van der Waals surface area contributed by atoms with E-state index < -0.39 is 17.8 Å². The molecule has 1 aromatic carbocycles. The molecule has 1 N–H and O–H groups in total. The van der Waals surface area contributed by atoms with Crippen molar-refractivity contribution in [2.75, 3.05) is 7.11 Å². The molecule has 6 heteroatoms. The Hall–Kier alpha value is -2.89.